The van der Waals surface area contributed by atoms with Crippen LogP contribution >= 0.6 is 0 Å². The molecule has 0 heterocycles. The number of benzene rings is 4. The Morgan fingerprint density at radius 3 is 1.76 bits per heavy atom. The van der Waals surface area contributed by atoms with E-state index in [2.05, 4.69) is 23.7 Å². The molecule has 0 amide bonds. The Bertz CT molecular complexity index is 1390. The summed E-state index contributed by atoms with van der Waals surface area (Å²) in [6.45, 7) is 2.34. The maximum Gasteiger partial charge on any atom is 0.338 e. The Morgan fingerprint density at radius 1 is 0.730 bits per heavy atom. The largest absolute Gasteiger partial charge is 0.497 e. The average molecular weight is 487 g/mol. The van der Waals surface area contributed by atoms with Gasteiger partial charge in [-0.15, -0.1) is 0 Å². The van der Waals surface area contributed by atoms with Crippen molar-refractivity contribution in [3.8, 4) is 35.2 Å². The first-order chi connectivity index (χ1) is 18.2. The SMILES string of the molecule is CCOC(=O)c1cc(C#Cc2ccccc2)c(OCc2ccc(OC)cc2)c(C#Cc2ccccc2)c1. The molecule has 4 heteroatoms. The van der Waals surface area contributed by atoms with E-state index in [-0.39, 0.29) is 6.61 Å². The van der Waals surface area contributed by atoms with Crippen molar-refractivity contribution >= 4 is 5.97 Å². The van der Waals surface area contributed by atoms with Gasteiger partial charge in [0, 0.05) is 11.1 Å². The van der Waals surface area contributed by atoms with Crippen molar-refractivity contribution in [2.75, 3.05) is 13.7 Å². The molecule has 0 atom stereocenters. The fraction of sp³-hybridized carbons (Fsp3) is 0.121. The summed E-state index contributed by atoms with van der Waals surface area (Å²) in [5, 5.41) is 0. The molecule has 37 heavy (non-hydrogen) atoms. The van der Waals surface area contributed by atoms with Crippen LogP contribution in [0.5, 0.6) is 11.5 Å². The highest BCUT2D eigenvalue weighted by Gasteiger charge is 2.16. The molecule has 0 aromatic heterocycles. The molecular weight excluding hydrogens is 460 g/mol. The van der Waals surface area contributed by atoms with Gasteiger partial charge in [-0.25, -0.2) is 4.79 Å². The van der Waals surface area contributed by atoms with E-state index in [9.17, 15) is 4.79 Å². The lowest BCUT2D eigenvalue weighted by Gasteiger charge is -2.13. The van der Waals surface area contributed by atoms with Gasteiger partial charge in [0.15, 0.2) is 5.75 Å². The van der Waals surface area contributed by atoms with Crippen molar-refractivity contribution in [3.63, 3.8) is 0 Å². The van der Waals surface area contributed by atoms with Crippen LogP contribution in [0.15, 0.2) is 97.1 Å². The van der Waals surface area contributed by atoms with E-state index in [4.69, 9.17) is 14.2 Å². The summed E-state index contributed by atoms with van der Waals surface area (Å²) in [6, 6.07) is 30.3. The van der Waals surface area contributed by atoms with Gasteiger partial charge in [-0.3, -0.25) is 0 Å². The molecule has 0 bridgehead atoms. The van der Waals surface area contributed by atoms with Crippen molar-refractivity contribution in [2.24, 2.45) is 0 Å². The predicted molar refractivity (Wildman–Crippen MR) is 145 cm³/mol. The molecule has 0 N–H and O–H groups in total. The lowest BCUT2D eigenvalue weighted by atomic mass is 10.0. The van der Waals surface area contributed by atoms with Gasteiger partial charge >= 0.3 is 5.97 Å². The molecule has 0 aliphatic carbocycles. The first-order valence-electron chi connectivity index (χ1n) is 11.9. The van der Waals surface area contributed by atoms with Crippen LogP contribution in [0.4, 0.5) is 0 Å². The van der Waals surface area contributed by atoms with Crippen molar-refractivity contribution < 1.29 is 19.0 Å². The van der Waals surface area contributed by atoms with Crippen LogP contribution in [0.2, 0.25) is 0 Å². The lowest BCUT2D eigenvalue weighted by molar-refractivity contribution is 0.0526. The molecule has 0 fully saturated rings. The minimum Gasteiger partial charge on any atom is -0.497 e. The molecule has 0 spiro atoms. The Kier molecular flexibility index (Phi) is 8.63. The molecule has 4 aromatic rings. The molecular formula is C33H26O4. The van der Waals surface area contributed by atoms with Gasteiger partial charge in [-0.2, -0.15) is 0 Å². The Morgan fingerprint density at radius 2 is 1.27 bits per heavy atom. The van der Waals surface area contributed by atoms with Crippen LogP contribution in [-0.4, -0.2) is 19.7 Å². The normalized spacial score (nSPS) is 9.78. The minimum absolute atomic E-state index is 0.268. The molecule has 0 unspecified atom stereocenters. The number of rotatable bonds is 6. The molecule has 4 nitrogen and oxygen atoms in total. The highest BCUT2D eigenvalue weighted by atomic mass is 16.5. The molecule has 0 aliphatic heterocycles. The van der Waals surface area contributed by atoms with Gasteiger partial charge in [0.25, 0.3) is 0 Å². The summed E-state index contributed by atoms with van der Waals surface area (Å²) < 4.78 is 16.8. The molecule has 0 radical (unpaired) electrons. The van der Waals surface area contributed by atoms with Gasteiger partial charge in [-0.05, 0) is 61.0 Å². The summed E-state index contributed by atoms with van der Waals surface area (Å²) in [7, 11) is 1.63. The van der Waals surface area contributed by atoms with Crippen LogP contribution < -0.4 is 9.47 Å². The van der Waals surface area contributed by atoms with Crippen molar-refractivity contribution in [3.05, 3.63) is 130 Å². The fourth-order valence-corrected chi connectivity index (χ4v) is 3.50. The van der Waals surface area contributed by atoms with Crippen molar-refractivity contribution in [1.82, 2.24) is 0 Å². The second-order valence-corrected chi connectivity index (χ2v) is 7.99. The topological polar surface area (TPSA) is 44.8 Å². The Balaban J connectivity index is 1.80. The summed E-state index contributed by atoms with van der Waals surface area (Å²) in [4.78, 5) is 12.7. The Hall–Kier alpha value is -4.93. The standard InChI is InChI=1S/C33H26O4/c1-3-36-33(34)30-22-28(18-14-25-10-6-4-7-11-25)32(37-24-27-16-20-31(35-2)21-17-27)29(23-30)19-15-26-12-8-5-9-13-26/h4-13,16-17,20-23H,3,24H2,1-2H3. The number of carbonyl (C=O) groups excluding carboxylic acids is 1. The monoisotopic (exact) mass is 486 g/mol. The zero-order valence-corrected chi connectivity index (χ0v) is 20.8. The van der Waals surface area contributed by atoms with Gasteiger partial charge in [0.05, 0.1) is 30.4 Å². The van der Waals surface area contributed by atoms with E-state index in [0.29, 0.717) is 29.0 Å². The number of esters is 1. The van der Waals surface area contributed by atoms with Crippen LogP contribution in [-0.2, 0) is 11.3 Å². The third kappa shape index (κ3) is 7.04. The summed E-state index contributed by atoms with van der Waals surface area (Å²) >= 11 is 0. The quantitative estimate of drug-likeness (QED) is 0.239. The van der Waals surface area contributed by atoms with Crippen molar-refractivity contribution in [1.29, 1.82) is 0 Å². The summed E-state index contributed by atoms with van der Waals surface area (Å²) in [5.74, 6) is 13.6. The van der Waals surface area contributed by atoms with Gasteiger partial charge in [-0.1, -0.05) is 72.2 Å². The second-order valence-electron chi connectivity index (χ2n) is 7.99. The van der Waals surface area contributed by atoms with E-state index in [0.717, 1.165) is 22.4 Å². The van der Waals surface area contributed by atoms with Crippen LogP contribution in [0, 0.1) is 23.7 Å². The van der Waals surface area contributed by atoms with Gasteiger partial charge in [0.1, 0.15) is 12.4 Å². The number of ether oxygens (including phenoxy) is 3. The third-order valence-corrected chi connectivity index (χ3v) is 5.37. The van der Waals surface area contributed by atoms with E-state index < -0.39 is 5.97 Å². The molecule has 182 valence electrons. The predicted octanol–water partition coefficient (Wildman–Crippen LogP) is 6.25. The smallest absolute Gasteiger partial charge is 0.338 e. The average Bonchev–Trinajstić information content (AvgIpc) is 2.95. The second kappa shape index (κ2) is 12.7. The van der Waals surface area contributed by atoms with E-state index in [1.807, 2.05) is 84.9 Å². The van der Waals surface area contributed by atoms with E-state index in [1.165, 1.54) is 0 Å². The maximum absolute atomic E-state index is 12.7. The molecule has 4 rings (SSSR count). The first kappa shape index (κ1) is 25.2. The van der Waals surface area contributed by atoms with Gasteiger partial charge in [0.2, 0.25) is 0 Å². The summed E-state index contributed by atoms with van der Waals surface area (Å²) in [5.41, 5.74) is 4.14. The Labute approximate surface area is 217 Å². The number of hydrogen-bond acceptors (Lipinski definition) is 4. The number of carbonyl (C=O) groups is 1. The summed E-state index contributed by atoms with van der Waals surface area (Å²) in [6.07, 6.45) is 0. The van der Waals surface area contributed by atoms with Crippen LogP contribution in [0.3, 0.4) is 0 Å². The molecule has 0 saturated heterocycles. The van der Waals surface area contributed by atoms with Crippen LogP contribution in [0.25, 0.3) is 0 Å². The lowest BCUT2D eigenvalue weighted by Crippen LogP contribution is -2.07. The zero-order chi connectivity index (χ0) is 25.9. The van der Waals surface area contributed by atoms with Crippen LogP contribution in [0.1, 0.15) is 45.1 Å². The number of methoxy groups -OCH3 is 1. The van der Waals surface area contributed by atoms with Crippen molar-refractivity contribution in [2.45, 2.75) is 13.5 Å². The highest BCUT2D eigenvalue weighted by Crippen LogP contribution is 2.27. The maximum atomic E-state index is 12.7. The minimum atomic E-state index is -0.435. The molecule has 0 saturated carbocycles. The molecule has 0 aliphatic rings. The first-order valence-corrected chi connectivity index (χ1v) is 11.9. The van der Waals surface area contributed by atoms with Gasteiger partial charge < -0.3 is 14.2 Å². The van der Waals surface area contributed by atoms with E-state index in [1.54, 1.807) is 26.2 Å². The third-order valence-electron chi connectivity index (χ3n) is 5.37. The fourth-order valence-electron chi connectivity index (χ4n) is 3.50. The highest BCUT2D eigenvalue weighted by molar-refractivity contribution is 5.91. The molecule has 4 aromatic carbocycles. The zero-order valence-electron chi connectivity index (χ0n) is 20.8. The van der Waals surface area contributed by atoms with E-state index >= 15 is 0 Å². The number of hydrogen-bond donors (Lipinski definition) is 0.